The first kappa shape index (κ1) is 18.1. The Morgan fingerprint density at radius 1 is 1.12 bits per heavy atom. The number of aliphatic hydroxyl groups is 1. The monoisotopic (exact) mass is 340 g/mol. The zero-order valence-electron chi connectivity index (χ0n) is 14.8. The van der Waals surface area contributed by atoms with Gasteiger partial charge in [0.25, 0.3) is 0 Å². The van der Waals surface area contributed by atoms with Crippen LogP contribution in [0.5, 0.6) is 0 Å². The molecule has 1 fully saturated rings. The van der Waals surface area contributed by atoms with E-state index in [1.54, 1.807) is 0 Å². The number of nitrogens with one attached hydrogen (secondary N) is 1. The van der Waals surface area contributed by atoms with Gasteiger partial charge in [-0.15, -0.1) is 0 Å². The summed E-state index contributed by atoms with van der Waals surface area (Å²) in [6.07, 6.45) is 0.121. The summed E-state index contributed by atoms with van der Waals surface area (Å²) in [5.74, 6) is 0. The molecule has 2 N–H and O–H groups in total. The lowest BCUT2D eigenvalue weighted by atomic mass is 10.0. The third-order valence-corrected chi connectivity index (χ3v) is 4.83. The molecule has 4 nitrogen and oxygen atoms in total. The van der Waals surface area contributed by atoms with Crippen molar-refractivity contribution in [3.05, 3.63) is 71.8 Å². The van der Waals surface area contributed by atoms with Gasteiger partial charge in [-0.1, -0.05) is 60.7 Å². The molecule has 0 spiro atoms. The van der Waals surface area contributed by atoms with E-state index in [4.69, 9.17) is 4.74 Å². The van der Waals surface area contributed by atoms with Gasteiger partial charge in [-0.25, -0.2) is 0 Å². The van der Waals surface area contributed by atoms with Crippen LogP contribution in [0.2, 0.25) is 0 Å². The molecular formula is C21H28N2O2. The van der Waals surface area contributed by atoms with E-state index in [0.29, 0.717) is 0 Å². The van der Waals surface area contributed by atoms with E-state index >= 15 is 0 Å². The SMILES string of the molecule is C[C@H](N[C@@H](CO)c1ccccc1)[C@@H]1CN(Cc2ccccc2)CCO1. The zero-order chi connectivity index (χ0) is 17.5. The van der Waals surface area contributed by atoms with Crippen molar-refractivity contribution in [2.75, 3.05) is 26.3 Å². The molecule has 0 aromatic heterocycles. The molecule has 134 valence electrons. The minimum Gasteiger partial charge on any atom is -0.394 e. The Morgan fingerprint density at radius 3 is 2.48 bits per heavy atom. The summed E-state index contributed by atoms with van der Waals surface area (Å²) in [5.41, 5.74) is 2.44. The predicted octanol–water partition coefficient (Wildman–Crippen LogP) is 2.60. The summed E-state index contributed by atoms with van der Waals surface area (Å²) in [5, 5.41) is 13.3. The van der Waals surface area contributed by atoms with Crippen molar-refractivity contribution < 1.29 is 9.84 Å². The Morgan fingerprint density at radius 2 is 1.80 bits per heavy atom. The molecule has 2 aromatic rings. The van der Waals surface area contributed by atoms with Crippen molar-refractivity contribution in [3.63, 3.8) is 0 Å². The number of hydrogen-bond acceptors (Lipinski definition) is 4. The van der Waals surface area contributed by atoms with Gasteiger partial charge in [0.2, 0.25) is 0 Å². The fraction of sp³-hybridized carbons (Fsp3) is 0.429. The highest BCUT2D eigenvalue weighted by Gasteiger charge is 2.27. The quantitative estimate of drug-likeness (QED) is 0.813. The molecule has 0 amide bonds. The molecule has 0 bridgehead atoms. The second kappa shape index (κ2) is 9.11. The molecule has 3 rings (SSSR count). The normalized spacial score (nSPS) is 21.0. The van der Waals surface area contributed by atoms with Crippen molar-refractivity contribution >= 4 is 0 Å². The number of aliphatic hydroxyl groups excluding tert-OH is 1. The lowest BCUT2D eigenvalue weighted by Crippen LogP contribution is -2.51. The number of rotatable bonds is 7. The third-order valence-electron chi connectivity index (χ3n) is 4.83. The molecule has 1 aliphatic rings. The molecule has 1 aliphatic heterocycles. The number of nitrogens with zero attached hydrogens (tertiary/aromatic N) is 1. The van der Waals surface area contributed by atoms with Crippen molar-refractivity contribution in [2.45, 2.75) is 31.7 Å². The standard InChI is InChI=1S/C21H28N2O2/c1-17(22-20(16-24)19-10-6-3-7-11-19)21-15-23(12-13-25-21)14-18-8-4-2-5-9-18/h2-11,17,20-22,24H,12-16H2,1H3/t17-,20-,21-/m0/s1. The first-order chi connectivity index (χ1) is 12.3. The molecule has 0 unspecified atom stereocenters. The van der Waals surface area contributed by atoms with Gasteiger partial charge in [0, 0.05) is 25.7 Å². The molecule has 3 atom stereocenters. The van der Waals surface area contributed by atoms with Crippen LogP contribution in [0, 0.1) is 0 Å². The van der Waals surface area contributed by atoms with E-state index in [-0.39, 0.29) is 24.8 Å². The number of hydrogen-bond donors (Lipinski definition) is 2. The molecule has 1 saturated heterocycles. The van der Waals surface area contributed by atoms with Crippen LogP contribution in [0.1, 0.15) is 24.1 Å². The fourth-order valence-electron chi connectivity index (χ4n) is 3.38. The van der Waals surface area contributed by atoms with Gasteiger partial charge in [-0.2, -0.15) is 0 Å². The highest BCUT2D eigenvalue weighted by atomic mass is 16.5. The van der Waals surface area contributed by atoms with Crippen LogP contribution in [0.3, 0.4) is 0 Å². The lowest BCUT2D eigenvalue weighted by Gasteiger charge is -2.37. The molecule has 1 heterocycles. The van der Waals surface area contributed by atoms with Crippen molar-refractivity contribution in [1.82, 2.24) is 10.2 Å². The average Bonchev–Trinajstić information content (AvgIpc) is 2.67. The van der Waals surface area contributed by atoms with Gasteiger partial charge < -0.3 is 15.2 Å². The van der Waals surface area contributed by atoms with Crippen LogP contribution in [0.15, 0.2) is 60.7 Å². The van der Waals surface area contributed by atoms with Gasteiger partial charge in [-0.3, -0.25) is 4.90 Å². The average molecular weight is 340 g/mol. The Labute approximate surface area is 150 Å². The Kier molecular flexibility index (Phi) is 6.59. The predicted molar refractivity (Wildman–Crippen MR) is 100 cm³/mol. The van der Waals surface area contributed by atoms with Gasteiger partial charge in [0.15, 0.2) is 0 Å². The molecular weight excluding hydrogens is 312 g/mol. The summed E-state index contributed by atoms with van der Waals surface area (Å²) in [6.45, 7) is 5.78. The fourth-order valence-corrected chi connectivity index (χ4v) is 3.38. The number of morpholine rings is 1. The van der Waals surface area contributed by atoms with E-state index in [0.717, 1.165) is 31.8 Å². The number of ether oxygens (including phenoxy) is 1. The zero-order valence-corrected chi connectivity index (χ0v) is 14.8. The molecule has 0 saturated carbocycles. The Bertz CT molecular complexity index is 620. The van der Waals surface area contributed by atoms with E-state index in [1.165, 1.54) is 5.56 Å². The van der Waals surface area contributed by atoms with Gasteiger partial charge in [-0.05, 0) is 18.1 Å². The number of benzene rings is 2. The maximum Gasteiger partial charge on any atom is 0.0852 e. The Hall–Kier alpha value is -1.72. The smallest absolute Gasteiger partial charge is 0.0852 e. The van der Waals surface area contributed by atoms with Crippen molar-refractivity contribution in [1.29, 1.82) is 0 Å². The summed E-state index contributed by atoms with van der Waals surface area (Å²) < 4.78 is 6.00. The summed E-state index contributed by atoms with van der Waals surface area (Å²) >= 11 is 0. The maximum absolute atomic E-state index is 9.76. The Balaban J connectivity index is 1.57. The van der Waals surface area contributed by atoms with Crippen LogP contribution >= 0.6 is 0 Å². The molecule has 25 heavy (non-hydrogen) atoms. The van der Waals surface area contributed by atoms with Gasteiger partial charge in [0.1, 0.15) is 0 Å². The van der Waals surface area contributed by atoms with Gasteiger partial charge in [0.05, 0.1) is 25.4 Å². The minimum atomic E-state index is -0.0655. The summed E-state index contributed by atoms with van der Waals surface area (Å²) in [4.78, 5) is 2.44. The largest absolute Gasteiger partial charge is 0.394 e. The van der Waals surface area contributed by atoms with E-state index < -0.39 is 0 Å². The second-order valence-corrected chi connectivity index (χ2v) is 6.73. The second-order valence-electron chi connectivity index (χ2n) is 6.73. The molecule has 0 aliphatic carbocycles. The molecule has 4 heteroatoms. The first-order valence-electron chi connectivity index (χ1n) is 9.06. The minimum absolute atomic E-state index is 0.0655. The topological polar surface area (TPSA) is 44.7 Å². The summed E-state index contributed by atoms with van der Waals surface area (Å²) in [7, 11) is 0. The lowest BCUT2D eigenvalue weighted by molar-refractivity contribution is -0.0486. The highest BCUT2D eigenvalue weighted by molar-refractivity contribution is 5.19. The maximum atomic E-state index is 9.76. The summed E-state index contributed by atoms with van der Waals surface area (Å²) in [6, 6.07) is 20.8. The van der Waals surface area contributed by atoms with Gasteiger partial charge >= 0.3 is 0 Å². The molecule has 2 aromatic carbocycles. The van der Waals surface area contributed by atoms with E-state index in [1.807, 2.05) is 30.3 Å². The van der Waals surface area contributed by atoms with E-state index in [9.17, 15) is 5.11 Å². The van der Waals surface area contributed by atoms with Crippen LogP contribution in [-0.4, -0.2) is 48.5 Å². The third kappa shape index (κ3) is 5.13. The molecule has 0 radical (unpaired) electrons. The van der Waals surface area contributed by atoms with Crippen LogP contribution < -0.4 is 5.32 Å². The van der Waals surface area contributed by atoms with Crippen molar-refractivity contribution in [2.24, 2.45) is 0 Å². The van der Waals surface area contributed by atoms with Crippen LogP contribution in [-0.2, 0) is 11.3 Å². The van der Waals surface area contributed by atoms with Crippen LogP contribution in [0.25, 0.3) is 0 Å². The van der Waals surface area contributed by atoms with E-state index in [2.05, 4.69) is 47.5 Å². The van der Waals surface area contributed by atoms with Crippen LogP contribution in [0.4, 0.5) is 0 Å². The highest BCUT2D eigenvalue weighted by Crippen LogP contribution is 2.17. The van der Waals surface area contributed by atoms with Crippen molar-refractivity contribution in [3.8, 4) is 0 Å². The first-order valence-corrected chi connectivity index (χ1v) is 9.06.